The number of aromatic nitrogens is 1. The summed E-state index contributed by atoms with van der Waals surface area (Å²) in [6, 6.07) is 12.0. The monoisotopic (exact) mass is 566 g/mol. The molecule has 0 bridgehead atoms. The number of aliphatic hydroxyl groups excluding tert-OH is 1. The smallest absolute Gasteiger partial charge is 0.407 e. The summed E-state index contributed by atoms with van der Waals surface area (Å²) in [4.78, 5) is 58.2. The Kier molecular flexibility index (Phi) is 9.27. The highest BCUT2D eigenvalue weighted by molar-refractivity contribution is 5.97. The maximum atomic E-state index is 13.6. The fraction of sp³-hybridized carbons (Fsp3) is 0.500. The molecule has 1 aliphatic carbocycles. The van der Waals surface area contributed by atoms with Gasteiger partial charge in [0.15, 0.2) is 0 Å². The van der Waals surface area contributed by atoms with E-state index >= 15 is 0 Å². The highest BCUT2D eigenvalue weighted by atomic mass is 16.6. The molecule has 2 fully saturated rings. The standard InChI is InChI=1S/C30H38N4O7/c1-30(2,3)41-26(36)10-9-23(28(38)33-11-13-34(14-12-33)29(39)40)32-27(37)25-17-20(22-15-21(22)18-35)16-24(31-25)19-7-5-4-6-8-19/h4-8,16-17,21-23,35H,9-15,18H2,1-3H3,(H,32,37)(H,39,40)/t21?,22?,23-/m0/s1. The number of hydrogen-bond acceptors (Lipinski definition) is 7. The molecule has 11 heteroatoms. The minimum atomic E-state index is -1.05. The van der Waals surface area contributed by atoms with Crippen LogP contribution in [0.5, 0.6) is 0 Å². The first-order valence-electron chi connectivity index (χ1n) is 13.9. The molecule has 1 aromatic heterocycles. The van der Waals surface area contributed by atoms with Crippen molar-refractivity contribution in [2.45, 2.75) is 57.6 Å². The number of benzene rings is 1. The van der Waals surface area contributed by atoms with Crippen LogP contribution in [0.4, 0.5) is 4.79 Å². The number of hydrogen-bond donors (Lipinski definition) is 3. The Morgan fingerprint density at radius 1 is 1.05 bits per heavy atom. The van der Waals surface area contributed by atoms with E-state index in [0.717, 1.165) is 17.5 Å². The highest BCUT2D eigenvalue weighted by Crippen LogP contribution is 2.47. The minimum Gasteiger partial charge on any atom is -0.465 e. The average molecular weight is 567 g/mol. The number of esters is 1. The van der Waals surface area contributed by atoms with Crippen molar-refractivity contribution >= 4 is 23.9 Å². The molecule has 41 heavy (non-hydrogen) atoms. The first-order chi connectivity index (χ1) is 19.4. The number of nitrogens with one attached hydrogen (secondary N) is 1. The molecule has 220 valence electrons. The molecular weight excluding hydrogens is 528 g/mol. The van der Waals surface area contributed by atoms with E-state index in [-0.39, 0.29) is 63.2 Å². The van der Waals surface area contributed by atoms with Gasteiger partial charge in [0.1, 0.15) is 17.3 Å². The number of piperazine rings is 1. The average Bonchev–Trinajstić information content (AvgIpc) is 3.74. The van der Waals surface area contributed by atoms with Crippen LogP contribution in [0.1, 0.15) is 62.0 Å². The normalized spacial score (nSPS) is 19.3. The first kappa shape index (κ1) is 30.0. The molecule has 0 radical (unpaired) electrons. The van der Waals surface area contributed by atoms with Crippen LogP contribution in [-0.2, 0) is 14.3 Å². The number of pyridine rings is 1. The molecule has 11 nitrogen and oxygen atoms in total. The molecule has 3 N–H and O–H groups in total. The lowest BCUT2D eigenvalue weighted by atomic mass is 10.0. The summed E-state index contributed by atoms with van der Waals surface area (Å²) >= 11 is 0. The van der Waals surface area contributed by atoms with E-state index in [1.54, 1.807) is 26.8 Å². The zero-order chi connectivity index (χ0) is 29.7. The molecule has 2 heterocycles. The number of ether oxygens (including phenoxy) is 1. The van der Waals surface area contributed by atoms with Crippen LogP contribution in [0.15, 0.2) is 42.5 Å². The van der Waals surface area contributed by atoms with Crippen LogP contribution in [0.25, 0.3) is 11.3 Å². The number of carbonyl (C=O) groups excluding carboxylic acids is 3. The summed E-state index contributed by atoms with van der Waals surface area (Å²) in [5, 5.41) is 21.7. The van der Waals surface area contributed by atoms with E-state index in [1.807, 2.05) is 36.4 Å². The van der Waals surface area contributed by atoms with Gasteiger partial charge in [-0.25, -0.2) is 9.78 Å². The number of rotatable bonds is 9. The third-order valence-electron chi connectivity index (χ3n) is 7.26. The summed E-state index contributed by atoms with van der Waals surface area (Å²) in [6.07, 6.45) is -0.314. The SMILES string of the molecule is CC(C)(C)OC(=O)CC[C@H](NC(=O)c1cc(C2CC2CO)cc(-c2ccccc2)n1)C(=O)N1CCN(C(=O)O)CC1. The van der Waals surface area contributed by atoms with Crippen molar-refractivity contribution in [3.05, 3.63) is 53.7 Å². The minimum absolute atomic E-state index is 0.0130. The van der Waals surface area contributed by atoms with Gasteiger partial charge in [-0.1, -0.05) is 30.3 Å². The Morgan fingerprint density at radius 3 is 2.29 bits per heavy atom. The fourth-order valence-corrected chi connectivity index (χ4v) is 4.98. The van der Waals surface area contributed by atoms with Crippen LogP contribution < -0.4 is 5.32 Å². The van der Waals surface area contributed by atoms with Crippen LogP contribution in [0.2, 0.25) is 0 Å². The van der Waals surface area contributed by atoms with Gasteiger partial charge in [0, 0.05) is 44.8 Å². The second kappa shape index (κ2) is 12.7. The van der Waals surface area contributed by atoms with Gasteiger partial charge in [0.05, 0.1) is 5.69 Å². The third-order valence-corrected chi connectivity index (χ3v) is 7.26. The summed E-state index contributed by atoms with van der Waals surface area (Å²) in [5.41, 5.74) is 1.78. The van der Waals surface area contributed by atoms with Crippen molar-refractivity contribution in [3.63, 3.8) is 0 Å². The lowest BCUT2D eigenvalue weighted by Gasteiger charge is -2.35. The lowest BCUT2D eigenvalue weighted by Crippen LogP contribution is -2.55. The fourth-order valence-electron chi connectivity index (χ4n) is 4.98. The number of amides is 3. The number of aliphatic hydroxyl groups is 1. The molecule has 1 aromatic carbocycles. The van der Waals surface area contributed by atoms with Gasteiger partial charge in [0.2, 0.25) is 5.91 Å². The van der Waals surface area contributed by atoms with E-state index in [2.05, 4.69) is 10.3 Å². The highest BCUT2D eigenvalue weighted by Gasteiger charge is 2.38. The summed E-state index contributed by atoms with van der Waals surface area (Å²) in [6.45, 7) is 5.99. The van der Waals surface area contributed by atoms with Gasteiger partial charge in [-0.2, -0.15) is 0 Å². The zero-order valence-corrected chi connectivity index (χ0v) is 23.7. The van der Waals surface area contributed by atoms with Gasteiger partial charge in [-0.05, 0) is 63.1 Å². The van der Waals surface area contributed by atoms with Crippen LogP contribution >= 0.6 is 0 Å². The Hall–Kier alpha value is -3.99. The molecule has 3 atom stereocenters. The molecular formula is C30H38N4O7. The molecule has 4 rings (SSSR count). The topological polar surface area (TPSA) is 149 Å². The van der Waals surface area contributed by atoms with Gasteiger partial charge in [-0.15, -0.1) is 0 Å². The first-order valence-corrected chi connectivity index (χ1v) is 13.9. The summed E-state index contributed by atoms with van der Waals surface area (Å²) < 4.78 is 5.40. The zero-order valence-electron chi connectivity index (χ0n) is 23.7. The predicted molar refractivity (Wildman–Crippen MR) is 150 cm³/mol. The molecule has 2 unspecified atom stereocenters. The van der Waals surface area contributed by atoms with Gasteiger partial charge >= 0.3 is 12.1 Å². The second-order valence-electron chi connectivity index (χ2n) is 11.6. The molecule has 1 saturated carbocycles. The Labute approximate surface area is 239 Å². The van der Waals surface area contributed by atoms with Gasteiger partial charge in [-0.3, -0.25) is 14.4 Å². The quantitative estimate of drug-likeness (QED) is 0.392. The summed E-state index contributed by atoms with van der Waals surface area (Å²) in [5.74, 6) is -1.20. The Morgan fingerprint density at radius 2 is 1.71 bits per heavy atom. The van der Waals surface area contributed by atoms with Gasteiger partial charge in [0.25, 0.3) is 5.91 Å². The third kappa shape index (κ3) is 8.03. The Balaban J connectivity index is 1.56. The number of carboxylic acid groups (broad SMARTS) is 1. The van der Waals surface area contributed by atoms with Crippen molar-refractivity contribution in [3.8, 4) is 11.3 Å². The van der Waals surface area contributed by atoms with Crippen LogP contribution in [-0.4, -0.2) is 93.3 Å². The van der Waals surface area contributed by atoms with Crippen molar-refractivity contribution in [2.75, 3.05) is 32.8 Å². The molecule has 1 aliphatic heterocycles. The summed E-state index contributed by atoms with van der Waals surface area (Å²) in [7, 11) is 0. The van der Waals surface area contributed by atoms with Crippen molar-refractivity contribution in [1.82, 2.24) is 20.1 Å². The maximum absolute atomic E-state index is 13.6. The molecule has 3 amide bonds. The van der Waals surface area contributed by atoms with E-state index in [9.17, 15) is 29.4 Å². The van der Waals surface area contributed by atoms with Crippen LogP contribution in [0.3, 0.4) is 0 Å². The lowest BCUT2D eigenvalue weighted by molar-refractivity contribution is -0.155. The van der Waals surface area contributed by atoms with Gasteiger partial charge < -0.3 is 30.1 Å². The van der Waals surface area contributed by atoms with E-state index in [1.165, 1.54) is 9.80 Å². The number of nitrogens with zero attached hydrogens (tertiary/aromatic N) is 3. The predicted octanol–water partition coefficient (Wildman–Crippen LogP) is 2.89. The maximum Gasteiger partial charge on any atom is 0.407 e. The molecule has 0 spiro atoms. The van der Waals surface area contributed by atoms with Crippen molar-refractivity contribution < 1.29 is 34.1 Å². The van der Waals surface area contributed by atoms with E-state index < -0.39 is 35.5 Å². The molecule has 1 saturated heterocycles. The largest absolute Gasteiger partial charge is 0.465 e. The molecule has 2 aromatic rings. The van der Waals surface area contributed by atoms with Crippen molar-refractivity contribution in [1.29, 1.82) is 0 Å². The van der Waals surface area contributed by atoms with E-state index in [0.29, 0.717) is 5.69 Å². The van der Waals surface area contributed by atoms with E-state index in [4.69, 9.17) is 4.74 Å². The second-order valence-corrected chi connectivity index (χ2v) is 11.6. The number of carbonyl (C=O) groups is 4. The van der Waals surface area contributed by atoms with Crippen molar-refractivity contribution in [2.24, 2.45) is 5.92 Å². The van der Waals surface area contributed by atoms with Crippen LogP contribution in [0, 0.1) is 5.92 Å². The Bertz CT molecular complexity index is 1270. The molecule has 2 aliphatic rings.